The lowest BCUT2D eigenvalue weighted by atomic mass is 10.0. The Bertz CT molecular complexity index is 419. The molecule has 1 unspecified atom stereocenters. The van der Waals surface area contributed by atoms with E-state index in [9.17, 15) is 22.8 Å². The first-order valence-electron chi connectivity index (χ1n) is 6.16. The number of halogens is 3. The number of cyclic esters (lactones) is 1. The van der Waals surface area contributed by atoms with Crippen LogP contribution in [0.15, 0.2) is 0 Å². The molecule has 1 atom stereocenters. The van der Waals surface area contributed by atoms with Crippen molar-refractivity contribution in [3.05, 3.63) is 0 Å². The Morgan fingerprint density at radius 3 is 2.47 bits per heavy atom. The largest absolute Gasteiger partial charge is 0.447 e. The van der Waals surface area contributed by atoms with Crippen LogP contribution in [0.25, 0.3) is 0 Å². The molecule has 0 aromatic rings. The third kappa shape index (κ3) is 2.42. The summed E-state index contributed by atoms with van der Waals surface area (Å²) in [5, 5.41) is 0. The lowest BCUT2D eigenvalue weighted by Crippen LogP contribution is -2.43. The van der Waals surface area contributed by atoms with Crippen LogP contribution >= 0.6 is 0 Å². The topological polar surface area (TPSA) is 46.6 Å². The van der Waals surface area contributed by atoms with E-state index in [0.717, 1.165) is 4.90 Å². The summed E-state index contributed by atoms with van der Waals surface area (Å²) in [4.78, 5) is 24.6. The van der Waals surface area contributed by atoms with Gasteiger partial charge in [-0.05, 0) is 18.3 Å². The van der Waals surface area contributed by atoms with Gasteiger partial charge in [0.15, 0.2) is 0 Å². The molecule has 2 fully saturated rings. The van der Waals surface area contributed by atoms with E-state index >= 15 is 0 Å². The van der Waals surface area contributed by atoms with Crippen molar-refractivity contribution in [3.8, 4) is 0 Å². The number of hydrogen-bond donors (Lipinski definition) is 0. The highest BCUT2D eigenvalue weighted by molar-refractivity contribution is 5.95. The Balaban J connectivity index is 1.97. The maximum atomic E-state index is 12.0. The molecule has 108 valence electrons. The summed E-state index contributed by atoms with van der Waals surface area (Å²) < 4.78 is 41.0. The SMILES string of the molecule is CC1(C)CC12COC(=O)N2C(=O)CCCC(F)(F)F. The summed E-state index contributed by atoms with van der Waals surface area (Å²) >= 11 is 0. The number of hydrogen-bond acceptors (Lipinski definition) is 3. The van der Waals surface area contributed by atoms with Crippen molar-refractivity contribution in [2.75, 3.05) is 6.61 Å². The second kappa shape index (κ2) is 4.11. The zero-order valence-corrected chi connectivity index (χ0v) is 10.8. The van der Waals surface area contributed by atoms with Crippen LogP contribution in [0, 0.1) is 5.41 Å². The molecule has 4 nitrogen and oxygen atoms in total. The van der Waals surface area contributed by atoms with Gasteiger partial charge in [0.05, 0.1) is 5.54 Å². The summed E-state index contributed by atoms with van der Waals surface area (Å²) in [5.41, 5.74) is -0.863. The molecule has 1 aliphatic heterocycles. The lowest BCUT2D eigenvalue weighted by molar-refractivity contribution is -0.139. The number of imide groups is 1. The van der Waals surface area contributed by atoms with Crippen LogP contribution in [0.5, 0.6) is 0 Å². The van der Waals surface area contributed by atoms with E-state index in [4.69, 9.17) is 4.74 Å². The summed E-state index contributed by atoms with van der Waals surface area (Å²) in [6, 6.07) is 0. The normalized spacial score (nSPS) is 28.7. The minimum Gasteiger partial charge on any atom is -0.447 e. The summed E-state index contributed by atoms with van der Waals surface area (Å²) in [5.74, 6) is -0.572. The van der Waals surface area contributed by atoms with Crippen molar-refractivity contribution in [2.45, 2.75) is 51.2 Å². The summed E-state index contributed by atoms with van der Waals surface area (Å²) in [6.07, 6.45) is -5.98. The summed E-state index contributed by atoms with van der Waals surface area (Å²) in [7, 11) is 0. The molecule has 0 N–H and O–H groups in total. The van der Waals surface area contributed by atoms with E-state index in [-0.39, 0.29) is 24.9 Å². The Morgan fingerprint density at radius 2 is 2.00 bits per heavy atom. The molecule has 0 aromatic heterocycles. The maximum absolute atomic E-state index is 12.0. The molecule has 1 saturated heterocycles. The number of carbonyl (C=O) groups is 2. The third-order valence-electron chi connectivity index (χ3n) is 4.01. The van der Waals surface area contributed by atoms with E-state index < -0.39 is 30.1 Å². The molecular formula is C12H16F3NO3. The number of rotatable bonds is 3. The molecule has 0 bridgehead atoms. The van der Waals surface area contributed by atoms with Crippen LogP contribution in [0.1, 0.15) is 39.5 Å². The monoisotopic (exact) mass is 279 g/mol. The molecule has 0 radical (unpaired) electrons. The van der Waals surface area contributed by atoms with Gasteiger partial charge in [-0.3, -0.25) is 4.79 Å². The van der Waals surface area contributed by atoms with E-state index in [1.807, 2.05) is 13.8 Å². The van der Waals surface area contributed by atoms with Gasteiger partial charge in [-0.1, -0.05) is 13.8 Å². The van der Waals surface area contributed by atoms with E-state index in [1.54, 1.807) is 0 Å². The number of amides is 2. The first-order valence-corrected chi connectivity index (χ1v) is 6.16. The second-order valence-electron chi connectivity index (χ2n) is 5.84. The first-order chi connectivity index (χ1) is 8.59. The number of carbonyl (C=O) groups excluding carboxylic acids is 2. The van der Waals surface area contributed by atoms with Crippen LogP contribution in [0.3, 0.4) is 0 Å². The molecule has 7 heteroatoms. The molecule has 1 aliphatic carbocycles. The fourth-order valence-electron chi connectivity index (χ4n) is 2.69. The van der Waals surface area contributed by atoms with Crippen molar-refractivity contribution in [2.24, 2.45) is 5.41 Å². The average Bonchev–Trinajstić information content (AvgIpc) is 2.59. The van der Waals surface area contributed by atoms with Crippen molar-refractivity contribution >= 4 is 12.0 Å². The molecule has 1 saturated carbocycles. The van der Waals surface area contributed by atoms with Crippen molar-refractivity contribution < 1.29 is 27.5 Å². The van der Waals surface area contributed by atoms with Crippen molar-refractivity contribution in [3.63, 3.8) is 0 Å². The fourth-order valence-corrected chi connectivity index (χ4v) is 2.69. The summed E-state index contributed by atoms with van der Waals surface area (Å²) in [6.45, 7) is 3.96. The average molecular weight is 279 g/mol. The van der Waals surface area contributed by atoms with Crippen LogP contribution in [-0.4, -0.2) is 35.2 Å². The zero-order valence-electron chi connectivity index (χ0n) is 10.8. The highest BCUT2D eigenvalue weighted by atomic mass is 19.4. The van der Waals surface area contributed by atoms with Crippen molar-refractivity contribution in [1.82, 2.24) is 4.90 Å². The van der Waals surface area contributed by atoms with Crippen LogP contribution in [-0.2, 0) is 9.53 Å². The van der Waals surface area contributed by atoms with Crippen LogP contribution < -0.4 is 0 Å². The van der Waals surface area contributed by atoms with Gasteiger partial charge in [0.2, 0.25) is 5.91 Å². The minimum absolute atomic E-state index is 0.143. The molecule has 0 aromatic carbocycles. The molecule has 1 spiro atoms. The predicted octanol–water partition coefficient (Wildman–Crippen LogP) is 2.87. The van der Waals surface area contributed by atoms with E-state index in [1.165, 1.54) is 0 Å². The quantitative estimate of drug-likeness (QED) is 0.798. The van der Waals surface area contributed by atoms with Gasteiger partial charge in [-0.15, -0.1) is 0 Å². The van der Waals surface area contributed by atoms with Gasteiger partial charge >= 0.3 is 12.3 Å². The van der Waals surface area contributed by atoms with Crippen molar-refractivity contribution in [1.29, 1.82) is 0 Å². The van der Waals surface area contributed by atoms with E-state index in [2.05, 4.69) is 0 Å². The molecule has 2 amide bonds. The third-order valence-corrected chi connectivity index (χ3v) is 4.01. The van der Waals surface area contributed by atoms with Crippen LogP contribution in [0.4, 0.5) is 18.0 Å². The zero-order chi connectivity index (χ0) is 14.5. The Kier molecular flexibility index (Phi) is 3.06. The lowest BCUT2D eigenvalue weighted by Gasteiger charge is -2.22. The Morgan fingerprint density at radius 1 is 1.42 bits per heavy atom. The van der Waals surface area contributed by atoms with Gasteiger partial charge in [0.1, 0.15) is 6.61 Å². The smallest absolute Gasteiger partial charge is 0.417 e. The van der Waals surface area contributed by atoms with Gasteiger partial charge in [-0.25, -0.2) is 9.69 Å². The standard InChI is InChI=1S/C12H16F3NO3/c1-10(2)6-11(10)7-19-9(18)16(11)8(17)4-3-5-12(13,14)15/h3-7H2,1-2H3. The van der Waals surface area contributed by atoms with Gasteiger partial charge < -0.3 is 4.74 Å². The second-order valence-corrected chi connectivity index (χ2v) is 5.84. The molecular weight excluding hydrogens is 263 g/mol. The number of alkyl halides is 3. The number of nitrogens with zero attached hydrogens (tertiary/aromatic N) is 1. The molecule has 2 aliphatic rings. The fraction of sp³-hybridized carbons (Fsp3) is 0.833. The molecule has 2 rings (SSSR count). The Hall–Kier alpha value is -1.27. The maximum Gasteiger partial charge on any atom is 0.417 e. The minimum atomic E-state index is -4.28. The van der Waals surface area contributed by atoms with Gasteiger partial charge in [0, 0.05) is 12.8 Å². The molecule has 1 heterocycles. The molecule has 19 heavy (non-hydrogen) atoms. The predicted molar refractivity (Wildman–Crippen MR) is 59.2 cm³/mol. The number of ether oxygens (including phenoxy) is 1. The highest BCUT2D eigenvalue weighted by Gasteiger charge is 2.71. The Labute approximate surface area is 108 Å². The van der Waals surface area contributed by atoms with Gasteiger partial charge in [0.25, 0.3) is 0 Å². The van der Waals surface area contributed by atoms with E-state index in [0.29, 0.717) is 6.42 Å². The highest BCUT2D eigenvalue weighted by Crippen LogP contribution is 2.61. The first kappa shape index (κ1) is 14.1. The van der Waals surface area contributed by atoms with Crippen LogP contribution in [0.2, 0.25) is 0 Å². The van der Waals surface area contributed by atoms with Gasteiger partial charge in [-0.2, -0.15) is 13.2 Å².